The lowest BCUT2D eigenvalue weighted by atomic mass is 10.0. The number of hydrogen-bond acceptors (Lipinski definition) is 4. The van der Waals surface area contributed by atoms with Gasteiger partial charge in [-0.25, -0.2) is 9.78 Å². The maximum atomic E-state index is 13.3. The molecule has 0 radical (unpaired) electrons. The van der Waals surface area contributed by atoms with Crippen molar-refractivity contribution in [2.24, 2.45) is 4.99 Å². The van der Waals surface area contributed by atoms with Gasteiger partial charge in [-0.1, -0.05) is 36.4 Å². The van der Waals surface area contributed by atoms with Crippen LogP contribution in [0.4, 0.5) is 16.2 Å². The molecule has 2 aromatic heterocycles. The molecule has 2 amide bonds. The number of urea groups is 1. The van der Waals surface area contributed by atoms with Crippen LogP contribution in [0.3, 0.4) is 0 Å². The minimum atomic E-state index is -0.389. The Morgan fingerprint density at radius 3 is 2.56 bits per heavy atom. The zero-order valence-corrected chi connectivity index (χ0v) is 18.6. The highest BCUT2D eigenvalue weighted by molar-refractivity contribution is 6.16. The van der Waals surface area contributed by atoms with Gasteiger partial charge in [-0.15, -0.1) is 0 Å². The molecule has 7 nitrogen and oxygen atoms in total. The van der Waals surface area contributed by atoms with Crippen LogP contribution in [0.15, 0.2) is 96.4 Å². The van der Waals surface area contributed by atoms with E-state index in [9.17, 15) is 9.59 Å². The molecule has 7 heteroatoms. The lowest BCUT2D eigenvalue weighted by molar-refractivity contribution is 0.104. The second kappa shape index (κ2) is 10.2. The third-order valence-electron chi connectivity index (χ3n) is 5.18. The lowest BCUT2D eigenvalue weighted by Gasteiger charge is -2.09. The van der Waals surface area contributed by atoms with E-state index in [-0.39, 0.29) is 11.8 Å². The summed E-state index contributed by atoms with van der Waals surface area (Å²) in [5, 5.41) is 6.25. The molecular weight excluding hydrogens is 426 g/mol. The van der Waals surface area contributed by atoms with Crippen molar-refractivity contribution in [2.45, 2.75) is 6.92 Å². The van der Waals surface area contributed by atoms with Crippen molar-refractivity contribution in [3.8, 4) is 0 Å². The van der Waals surface area contributed by atoms with Crippen LogP contribution in [-0.2, 0) is 0 Å². The first-order valence-electron chi connectivity index (χ1n) is 10.6. The van der Waals surface area contributed by atoms with E-state index in [0.29, 0.717) is 28.1 Å². The third-order valence-corrected chi connectivity index (χ3v) is 5.18. The number of pyridine rings is 1. The van der Waals surface area contributed by atoms with Crippen LogP contribution < -0.4 is 10.6 Å². The van der Waals surface area contributed by atoms with Crippen LogP contribution in [-0.4, -0.2) is 28.5 Å². The zero-order valence-electron chi connectivity index (χ0n) is 18.6. The summed E-state index contributed by atoms with van der Waals surface area (Å²) in [6.45, 7) is 5.38. The number of para-hydroxylation sites is 1. The molecule has 0 aliphatic heterocycles. The highest BCUT2D eigenvalue weighted by Gasteiger charge is 2.16. The minimum Gasteiger partial charge on any atom is -0.345 e. The molecule has 0 unspecified atom stereocenters. The van der Waals surface area contributed by atoms with E-state index in [1.165, 1.54) is 0 Å². The second-order valence-corrected chi connectivity index (χ2v) is 7.55. The topological polar surface area (TPSA) is 99.2 Å². The van der Waals surface area contributed by atoms with Gasteiger partial charge in [-0.05, 0) is 61.2 Å². The molecule has 2 heterocycles. The van der Waals surface area contributed by atoms with Crippen LogP contribution in [0.5, 0.6) is 0 Å². The molecule has 168 valence electrons. The first kappa shape index (κ1) is 22.4. The standard InChI is InChI=1S/C27H23N5O2/c1-18(8-7-13-28-2)20-15-23-24(17-30-26(23)29-16-20)25(33)19-9-6-12-22(14-19)32-27(34)31-21-10-4-3-5-11-21/h3-17H,2H2,1H3,(H,29,30)(H2,31,32,34)/b13-7-,18-8+. The van der Waals surface area contributed by atoms with E-state index in [1.807, 2.05) is 37.3 Å². The lowest BCUT2D eigenvalue weighted by Crippen LogP contribution is -2.19. The molecule has 0 fully saturated rings. The number of allylic oxidation sites excluding steroid dienone is 3. The summed E-state index contributed by atoms with van der Waals surface area (Å²) < 4.78 is 0. The smallest absolute Gasteiger partial charge is 0.323 e. The Hall–Kier alpha value is -4.78. The van der Waals surface area contributed by atoms with Crippen molar-refractivity contribution in [2.75, 3.05) is 10.6 Å². The largest absolute Gasteiger partial charge is 0.345 e. The number of aromatic nitrogens is 2. The molecule has 34 heavy (non-hydrogen) atoms. The summed E-state index contributed by atoms with van der Waals surface area (Å²) >= 11 is 0. The number of nitrogens with one attached hydrogen (secondary N) is 3. The van der Waals surface area contributed by atoms with Crippen molar-refractivity contribution in [3.63, 3.8) is 0 Å². The summed E-state index contributed by atoms with van der Waals surface area (Å²) in [6.07, 6.45) is 8.71. The highest BCUT2D eigenvalue weighted by atomic mass is 16.2. The van der Waals surface area contributed by atoms with Crippen LogP contribution in [0, 0.1) is 0 Å². The van der Waals surface area contributed by atoms with Crippen molar-refractivity contribution >= 4 is 46.5 Å². The van der Waals surface area contributed by atoms with Gasteiger partial charge >= 0.3 is 6.03 Å². The normalized spacial score (nSPS) is 11.5. The highest BCUT2D eigenvalue weighted by Crippen LogP contribution is 2.25. The molecule has 4 aromatic rings. The first-order chi connectivity index (χ1) is 16.5. The fourth-order valence-electron chi connectivity index (χ4n) is 3.46. The molecule has 0 saturated carbocycles. The van der Waals surface area contributed by atoms with Crippen LogP contribution in [0.25, 0.3) is 16.6 Å². The summed E-state index contributed by atoms with van der Waals surface area (Å²) in [7, 11) is 0. The number of aliphatic imine (C=N–C) groups is 1. The number of benzene rings is 2. The van der Waals surface area contributed by atoms with Crippen molar-refractivity contribution < 1.29 is 9.59 Å². The Bertz CT molecular complexity index is 1420. The van der Waals surface area contributed by atoms with E-state index >= 15 is 0 Å². The Balaban J connectivity index is 1.57. The summed E-state index contributed by atoms with van der Waals surface area (Å²) in [5.41, 5.74) is 4.64. The van der Waals surface area contributed by atoms with Gasteiger partial charge in [-0.3, -0.25) is 9.79 Å². The van der Waals surface area contributed by atoms with Gasteiger partial charge in [0.1, 0.15) is 5.65 Å². The van der Waals surface area contributed by atoms with Crippen molar-refractivity contribution in [3.05, 3.63) is 108 Å². The molecule has 0 bridgehead atoms. The van der Waals surface area contributed by atoms with Gasteiger partial charge in [-0.2, -0.15) is 0 Å². The van der Waals surface area contributed by atoms with Gasteiger partial charge in [0, 0.05) is 46.5 Å². The SMILES string of the molecule is C=N/C=C\C=C(/C)c1cnc2[nH]cc(C(=O)c3cccc(NC(=O)Nc4ccccc4)c3)c2c1. The molecule has 4 rings (SSSR count). The summed E-state index contributed by atoms with van der Waals surface area (Å²) in [4.78, 5) is 36.8. The second-order valence-electron chi connectivity index (χ2n) is 7.55. The summed E-state index contributed by atoms with van der Waals surface area (Å²) in [6, 6.07) is 17.5. The Morgan fingerprint density at radius 1 is 1.00 bits per heavy atom. The van der Waals surface area contributed by atoms with Crippen LogP contribution in [0.1, 0.15) is 28.4 Å². The molecule has 0 spiro atoms. The zero-order chi connectivity index (χ0) is 23.9. The summed E-state index contributed by atoms with van der Waals surface area (Å²) in [5.74, 6) is -0.172. The number of nitrogens with zero attached hydrogens (tertiary/aromatic N) is 2. The van der Waals surface area contributed by atoms with E-state index in [2.05, 4.69) is 32.3 Å². The van der Waals surface area contributed by atoms with Crippen LogP contribution >= 0.6 is 0 Å². The molecule has 0 atom stereocenters. The maximum Gasteiger partial charge on any atom is 0.323 e. The fraction of sp³-hybridized carbons (Fsp3) is 0.0370. The number of ketones is 1. The number of hydrogen-bond donors (Lipinski definition) is 3. The molecule has 0 aliphatic carbocycles. The number of carbonyl (C=O) groups is 2. The minimum absolute atomic E-state index is 0.172. The van der Waals surface area contributed by atoms with E-state index in [4.69, 9.17) is 0 Å². The Labute approximate surface area is 197 Å². The fourth-order valence-corrected chi connectivity index (χ4v) is 3.46. The quantitative estimate of drug-likeness (QED) is 0.182. The predicted octanol–water partition coefficient (Wildman–Crippen LogP) is 6.06. The average molecular weight is 450 g/mol. The van der Waals surface area contributed by atoms with Gasteiger partial charge in [0.05, 0.1) is 0 Å². The average Bonchev–Trinajstić information content (AvgIpc) is 3.27. The predicted molar refractivity (Wildman–Crippen MR) is 137 cm³/mol. The number of fused-ring (bicyclic) bond motifs is 1. The van der Waals surface area contributed by atoms with Gasteiger partial charge in [0.25, 0.3) is 0 Å². The monoisotopic (exact) mass is 449 g/mol. The number of rotatable bonds is 7. The Morgan fingerprint density at radius 2 is 1.76 bits per heavy atom. The number of carbonyl (C=O) groups excluding carboxylic acids is 2. The van der Waals surface area contributed by atoms with Gasteiger partial charge in [0.15, 0.2) is 5.78 Å². The van der Waals surface area contributed by atoms with E-state index < -0.39 is 0 Å². The van der Waals surface area contributed by atoms with Gasteiger partial charge in [0.2, 0.25) is 0 Å². The number of anilines is 2. The maximum absolute atomic E-state index is 13.3. The van der Waals surface area contributed by atoms with Gasteiger partial charge < -0.3 is 15.6 Å². The van der Waals surface area contributed by atoms with Crippen LogP contribution in [0.2, 0.25) is 0 Å². The molecular formula is C27H23N5O2. The van der Waals surface area contributed by atoms with E-state index in [1.54, 1.807) is 61.1 Å². The van der Waals surface area contributed by atoms with Crippen molar-refractivity contribution in [1.82, 2.24) is 9.97 Å². The molecule has 0 aliphatic rings. The molecule has 2 aromatic carbocycles. The third kappa shape index (κ3) is 5.16. The molecule has 0 saturated heterocycles. The van der Waals surface area contributed by atoms with E-state index in [0.717, 1.165) is 16.5 Å². The van der Waals surface area contributed by atoms with Crippen molar-refractivity contribution in [1.29, 1.82) is 0 Å². The Kier molecular flexibility index (Phi) is 6.74. The number of amides is 2. The first-order valence-corrected chi connectivity index (χ1v) is 10.6. The number of H-pyrrole nitrogens is 1. The number of aromatic amines is 1. The molecule has 3 N–H and O–H groups in total.